The van der Waals surface area contributed by atoms with Gasteiger partial charge < -0.3 is 10.7 Å². The van der Waals surface area contributed by atoms with E-state index >= 15 is 0 Å². The molecule has 2 heterocycles. The van der Waals surface area contributed by atoms with Crippen LogP contribution in [0.1, 0.15) is 12.0 Å². The fourth-order valence-corrected chi connectivity index (χ4v) is 3.77. The molecule has 0 fully saturated rings. The molecule has 0 aliphatic carbocycles. The first-order valence-corrected chi connectivity index (χ1v) is 7.42. The normalized spacial score (nSPS) is 15.3. The van der Waals surface area contributed by atoms with Gasteiger partial charge in [0.25, 0.3) is 10.0 Å². The average Bonchev–Trinajstić information content (AvgIpc) is 2.92. The van der Waals surface area contributed by atoms with Crippen molar-refractivity contribution in [2.24, 2.45) is 0 Å². The summed E-state index contributed by atoms with van der Waals surface area (Å²) in [6.07, 6.45) is 4.31. The summed E-state index contributed by atoms with van der Waals surface area (Å²) in [5.74, 6) is 0. The summed E-state index contributed by atoms with van der Waals surface area (Å²) in [6, 6.07) is 5.32. The van der Waals surface area contributed by atoms with Gasteiger partial charge in [-0.15, -0.1) is 0 Å². The van der Waals surface area contributed by atoms with Gasteiger partial charge in [-0.1, -0.05) is 0 Å². The number of nitrogen functional groups attached to an aromatic ring is 1. The van der Waals surface area contributed by atoms with E-state index in [-0.39, 0.29) is 5.03 Å². The lowest BCUT2D eigenvalue weighted by atomic mass is 10.0. The minimum Gasteiger partial charge on any atom is -0.399 e. The molecule has 1 aliphatic heterocycles. The summed E-state index contributed by atoms with van der Waals surface area (Å²) in [5.41, 5.74) is 8.07. The first-order chi connectivity index (χ1) is 9.09. The molecule has 7 heteroatoms. The molecule has 0 spiro atoms. The van der Waals surface area contributed by atoms with E-state index in [1.165, 1.54) is 16.8 Å². The van der Waals surface area contributed by atoms with E-state index in [1.54, 1.807) is 12.1 Å². The van der Waals surface area contributed by atoms with Gasteiger partial charge in [-0.3, -0.25) is 4.31 Å². The molecule has 19 heavy (non-hydrogen) atoms. The highest BCUT2D eigenvalue weighted by atomic mass is 32.2. The van der Waals surface area contributed by atoms with Crippen molar-refractivity contribution in [2.45, 2.75) is 17.9 Å². The second kappa shape index (κ2) is 4.27. The van der Waals surface area contributed by atoms with Crippen LogP contribution >= 0.6 is 0 Å². The number of anilines is 2. The summed E-state index contributed by atoms with van der Waals surface area (Å²) in [7, 11) is -3.57. The second-order valence-corrected chi connectivity index (χ2v) is 6.32. The maximum atomic E-state index is 12.5. The van der Waals surface area contributed by atoms with Crippen LogP contribution in [0.15, 0.2) is 35.7 Å². The van der Waals surface area contributed by atoms with Crippen molar-refractivity contribution in [1.82, 2.24) is 9.97 Å². The van der Waals surface area contributed by atoms with Crippen molar-refractivity contribution < 1.29 is 8.42 Å². The molecule has 3 N–H and O–H groups in total. The predicted octanol–water partition coefficient (Wildman–Crippen LogP) is 1.13. The van der Waals surface area contributed by atoms with Gasteiger partial charge in [0.2, 0.25) is 0 Å². The van der Waals surface area contributed by atoms with Crippen LogP contribution in [0.2, 0.25) is 0 Å². The van der Waals surface area contributed by atoms with Crippen LogP contribution in [0.4, 0.5) is 11.4 Å². The maximum Gasteiger partial charge on any atom is 0.281 e. The lowest BCUT2D eigenvalue weighted by Gasteiger charge is -2.30. The quantitative estimate of drug-likeness (QED) is 0.805. The van der Waals surface area contributed by atoms with E-state index in [9.17, 15) is 8.42 Å². The lowest BCUT2D eigenvalue weighted by molar-refractivity contribution is 0.583. The summed E-state index contributed by atoms with van der Waals surface area (Å²) < 4.78 is 26.5. The number of aromatic nitrogens is 2. The Bertz CT molecular complexity index is 695. The number of hydrogen-bond donors (Lipinski definition) is 2. The molecule has 1 aromatic carbocycles. The van der Waals surface area contributed by atoms with E-state index in [4.69, 9.17) is 5.73 Å². The van der Waals surface area contributed by atoms with Gasteiger partial charge in [-0.2, -0.15) is 8.42 Å². The zero-order chi connectivity index (χ0) is 13.5. The van der Waals surface area contributed by atoms with Crippen LogP contribution in [0.5, 0.6) is 0 Å². The van der Waals surface area contributed by atoms with Gasteiger partial charge >= 0.3 is 0 Å². The van der Waals surface area contributed by atoms with Crippen LogP contribution in [0.25, 0.3) is 0 Å². The van der Waals surface area contributed by atoms with Crippen LogP contribution < -0.4 is 10.0 Å². The lowest BCUT2D eigenvalue weighted by Crippen LogP contribution is -2.35. The van der Waals surface area contributed by atoms with Gasteiger partial charge in [-0.25, -0.2) is 4.98 Å². The third-order valence-electron chi connectivity index (χ3n) is 3.22. The van der Waals surface area contributed by atoms with Crippen LogP contribution in [-0.2, 0) is 16.4 Å². The molecule has 6 nitrogen and oxygen atoms in total. The third-order valence-corrected chi connectivity index (χ3v) is 4.96. The van der Waals surface area contributed by atoms with Crippen LogP contribution in [0, 0.1) is 0 Å². The van der Waals surface area contributed by atoms with Gasteiger partial charge in [0.05, 0.1) is 18.2 Å². The summed E-state index contributed by atoms with van der Waals surface area (Å²) in [6.45, 7) is 0.471. The molecule has 0 saturated heterocycles. The van der Waals surface area contributed by atoms with E-state index in [1.807, 2.05) is 6.07 Å². The Balaban J connectivity index is 2.10. The summed E-state index contributed by atoms with van der Waals surface area (Å²) >= 11 is 0. The molecule has 0 unspecified atom stereocenters. The van der Waals surface area contributed by atoms with Crippen molar-refractivity contribution in [3.63, 3.8) is 0 Å². The minimum absolute atomic E-state index is 0.108. The number of fused-ring (bicyclic) bond motifs is 1. The first kappa shape index (κ1) is 12.0. The number of sulfonamides is 1. The molecule has 1 aliphatic rings. The Kier molecular flexibility index (Phi) is 2.70. The fraction of sp³-hybridized carbons (Fsp3) is 0.250. The smallest absolute Gasteiger partial charge is 0.281 e. The van der Waals surface area contributed by atoms with Gasteiger partial charge in [0.1, 0.15) is 0 Å². The molecule has 0 bridgehead atoms. The number of nitrogens with two attached hydrogens (primary N) is 1. The zero-order valence-corrected chi connectivity index (χ0v) is 11.0. The number of rotatable bonds is 2. The highest BCUT2D eigenvalue weighted by molar-refractivity contribution is 7.92. The summed E-state index contributed by atoms with van der Waals surface area (Å²) in [5, 5.41) is 0.108. The second-order valence-electron chi connectivity index (χ2n) is 4.48. The van der Waals surface area contributed by atoms with Crippen molar-refractivity contribution in [3.8, 4) is 0 Å². The van der Waals surface area contributed by atoms with Gasteiger partial charge in [0.15, 0.2) is 5.03 Å². The highest BCUT2D eigenvalue weighted by Crippen LogP contribution is 2.32. The van der Waals surface area contributed by atoms with Crippen LogP contribution in [0.3, 0.4) is 0 Å². The van der Waals surface area contributed by atoms with Crippen LogP contribution in [-0.4, -0.2) is 24.9 Å². The Morgan fingerprint density at radius 3 is 2.95 bits per heavy atom. The molecule has 0 amide bonds. The van der Waals surface area contributed by atoms with E-state index in [0.717, 1.165) is 18.4 Å². The molecule has 3 rings (SSSR count). The standard InChI is InChI=1S/C12H14N4O2S/c13-10-3-4-11-9(6-10)2-1-5-16(11)19(17,18)12-7-14-8-15-12/h3-4,6-8H,1-2,5,13H2,(H,14,15). The van der Waals surface area contributed by atoms with E-state index in [2.05, 4.69) is 9.97 Å². The Morgan fingerprint density at radius 1 is 1.37 bits per heavy atom. The number of hydrogen-bond acceptors (Lipinski definition) is 4. The number of aryl methyl sites for hydroxylation is 1. The van der Waals surface area contributed by atoms with Gasteiger partial charge in [0, 0.05) is 12.2 Å². The fourth-order valence-electron chi connectivity index (χ4n) is 2.34. The Labute approximate surface area is 111 Å². The van der Waals surface area contributed by atoms with Gasteiger partial charge in [-0.05, 0) is 36.6 Å². The SMILES string of the molecule is Nc1ccc2c(c1)CCCN2S(=O)(=O)c1cnc[nH]1. The van der Waals surface area contributed by atoms with Crippen molar-refractivity contribution in [1.29, 1.82) is 0 Å². The molecule has 100 valence electrons. The molecule has 0 radical (unpaired) electrons. The number of nitrogens with one attached hydrogen (secondary N) is 1. The van der Waals surface area contributed by atoms with Crippen molar-refractivity contribution in [3.05, 3.63) is 36.3 Å². The molecular formula is C12H14N4O2S. The number of nitrogens with zero attached hydrogens (tertiary/aromatic N) is 2. The largest absolute Gasteiger partial charge is 0.399 e. The Morgan fingerprint density at radius 2 is 2.21 bits per heavy atom. The summed E-state index contributed by atoms with van der Waals surface area (Å²) in [4.78, 5) is 6.42. The Hall–Kier alpha value is -2.02. The minimum atomic E-state index is -3.57. The van der Waals surface area contributed by atoms with Crippen molar-refractivity contribution in [2.75, 3.05) is 16.6 Å². The molecule has 2 aromatic rings. The third kappa shape index (κ3) is 1.95. The molecule has 0 saturated carbocycles. The molecule has 0 atom stereocenters. The predicted molar refractivity (Wildman–Crippen MR) is 72.3 cm³/mol. The highest BCUT2D eigenvalue weighted by Gasteiger charge is 2.29. The van der Waals surface area contributed by atoms with Crippen molar-refractivity contribution >= 4 is 21.4 Å². The molecule has 1 aromatic heterocycles. The average molecular weight is 278 g/mol. The number of benzene rings is 1. The number of aromatic amines is 1. The number of H-pyrrole nitrogens is 1. The van der Waals surface area contributed by atoms with E-state index in [0.29, 0.717) is 17.9 Å². The molecular weight excluding hydrogens is 264 g/mol. The first-order valence-electron chi connectivity index (χ1n) is 5.98. The zero-order valence-electron chi connectivity index (χ0n) is 10.2. The number of imidazole rings is 1. The topological polar surface area (TPSA) is 92.1 Å². The monoisotopic (exact) mass is 278 g/mol. The van der Waals surface area contributed by atoms with E-state index < -0.39 is 10.0 Å². The maximum absolute atomic E-state index is 12.5.